The van der Waals surface area contributed by atoms with Gasteiger partial charge in [0.2, 0.25) is 0 Å². The number of alkyl halides is 1. The van der Waals surface area contributed by atoms with Crippen LogP contribution in [0.2, 0.25) is 0 Å². The summed E-state index contributed by atoms with van der Waals surface area (Å²) in [5, 5.41) is 18.1. The largest absolute Gasteiger partial charge is 0.396 e. The molecular formula is C10H13FN2O4. The monoisotopic (exact) mass is 244 g/mol. The molecule has 0 aliphatic heterocycles. The Morgan fingerprint density at radius 2 is 2.06 bits per heavy atom. The number of aliphatic hydroxyl groups excluding tert-OH is 2. The van der Waals surface area contributed by atoms with Gasteiger partial charge < -0.3 is 14.8 Å². The van der Waals surface area contributed by atoms with Crippen LogP contribution < -0.4 is 11.2 Å². The molecule has 0 bridgehead atoms. The summed E-state index contributed by atoms with van der Waals surface area (Å²) < 4.78 is 14.6. The lowest BCUT2D eigenvalue weighted by molar-refractivity contribution is 0.105. The van der Waals surface area contributed by atoms with E-state index >= 15 is 0 Å². The molecule has 0 unspecified atom stereocenters. The Morgan fingerprint density at radius 3 is 2.53 bits per heavy atom. The zero-order valence-electron chi connectivity index (χ0n) is 8.97. The van der Waals surface area contributed by atoms with Crippen LogP contribution >= 0.6 is 0 Å². The molecule has 1 aromatic rings. The summed E-state index contributed by atoms with van der Waals surface area (Å²) >= 11 is 0. The van der Waals surface area contributed by atoms with E-state index in [9.17, 15) is 14.0 Å². The number of aliphatic hydroxyl groups is 2. The highest BCUT2D eigenvalue weighted by Crippen LogP contribution is 2.55. The Hall–Kier alpha value is -1.47. The number of hydrogen-bond donors (Lipinski definition) is 3. The SMILES string of the molecule is O=c1ccn(C[C@H]2[C@H](F)C2(CO)CO)c(=O)[nH]1. The van der Waals surface area contributed by atoms with Crippen LogP contribution in [0.25, 0.3) is 0 Å². The summed E-state index contributed by atoms with van der Waals surface area (Å²) in [6.45, 7) is -0.904. The Kier molecular flexibility index (Phi) is 2.88. The molecule has 1 aliphatic rings. The second kappa shape index (κ2) is 4.08. The summed E-state index contributed by atoms with van der Waals surface area (Å²) in [5.41, 5.74) is -2.30. The molecule has 7 heteroatoms. The van der Waals surface area contributed by atoms with E-state index in [1.807, 2.05) is 0 Å². The van der Waals surface area contributed by atoms with Crippen molar-refractivity contribution in [1.82, 2.24) is 9.55 Å². The van der Waals surface area contributed by atoms with Crippen LogP contribution in [-0.4, -0.2) is 39.1 Å². The number of hydrogen-bond acceptors (Lipinski definition) is 4. The quantitative estimate of drug-likeness (QED) is 0.599. The highest BCUT2D eigenvalue weighted by atomic mass is 19.1. The van der Waals surface area contributed by atoms with Gasteiger partial charge in [-0.15, -0.1) is 0 Å². The summed E-state index contributed by atoms with van der Waals surface area (Å²) in [4.78, 5) is 24.2. The van der Waals surface area contributed by atoms with Crippen LogP contribution in [0.3, 0.4) is 0 Å². The van der Waals surface area contributed by atoms with Gasteiger partial charge in [0, 0.05) is 24.7 Å². The summed E-state index contributed by atoms with van der Waals surface area (Å²) in [5.74, 6) is -0.610. The van der Waals surface area contributed by atoms with Gasteiger partial charge in [0.15, 0.2) is 0 Å². The van der Waals surface area contributed by atoms with Crippen LogP contribution in [0.15, 0.2) is 21.9 Å². The van der Waals surface area contributed by atoms with E-state index in [2.05, 4.69) is 4.98 Å². The first-order valence-corrected chi connectivity index (χ1v) is 5.21. The molecule has 1 heterocycles. The molecule has 94 valence electrons. The number of aromatic nitrogens is 2. The van der Waals surface area contributed by atoms with Crippen molar-refractivity contribution >= 4 is 0 Å². The predicted octanol–water partition coefficient (Wildman–Crippen LogP) is -1.52. The minimum atomic E-state index is -1.34. The number of H-pyrrole nitrogens is 1. The highest BCUT2D eigenvalue weighted by molar-refractivity contribution is 5.11. The van der Waals surface area contributed by atoms with Crippen molar-refractivity contribution in [2.45, 2.75) is 12.7 Å². The van der Waals surface area contributed by atoms with Gasteiger partial charge in [-0.25, -0.2) is 9.18 Å². The van der Waals surface area contributed by atoms with E-state index in [4.69, 9.17) is 10.2 Å². The second-order valence-corrected chi connectivity index (χ2v) is 4.32. The number of halogens is 1. The molecule has 1 saturated carbocycles. The van der Waals surface area contributed by atoms with Crippen molar-refractivity contribution in [1.29, 1.82) is 0 Å². The van der Waals surface area contributed by atoms with E-state index in [1.54, 1.807) is 0 Å². The molecule has 2 rings (SSSR count). The van der Waals surface area contributed by atoms with Gasteiger partial charge in [-0.2, -0.15) is 0 Å². The highest BCUT2D eigenvalue weighted by Gasteiger charge is 2.65. The minimum absolute atomic E-state index is 0.0257. The standard InChI is InChI=1S/C10H13FN2O4/c11-8-6(10(8,4-14)5-15)3-13-2-1-7(16)12-9(13)17/h1-2,6,8,14-15H,3-5H2,(H,12,16,17)/t6-,8-/m0/s1. The fourth-order valence-corrected chi connectivity index (χ4v) is 2.06. The van der Waals surface area contributed by atoms with Gasteiger partial charge in [0.1, 0.15) is 6.17 Å². The predicted molar refractivity (Wildman–Crippen MR) is 56.3 cm³/mol. The van der Waals surface area contributed by atoms with Gasteiger partial charge in [0.05, 0.1) is 18.6 Å². The van der Waals surface area contributed by atoms with E-state index in [0.29, 0.717) is 0 Å². The Bertz CT molecular complexity index is 520. The van der Waals surface area contributed by atoms with Crippen LogP contribution in [0, 0.1) is 11.3 Å². The number of rotatable bonds is 4. The van der Waals surface area contributed by atoms with Crippen molar-refractivity contribution in [2.24, 2.45) is 11.3 Å². The molecule has 0 amide bonds. The molecule has 0 spiro atoms. The Morgan fingerprint density at radius 1 is 1.41 bits per heavy atom. The smallest absolute Gasteiger partial charge is 0.328 e. The molecule has 0 saturated heterocycles. The lowest BCUT2D eigenvalue weighted by atomic mass is 10.1. The van der Waals surface area contributed by atoms with E-state index in [-0.39, 0.29) is 6.54 Å². The average molecular weight is 244 g/mol. The van der Waals surface area contributed by atoms with Gasteiger partial charge in [-0.05, 0) is 0 Å². The summed E-state index contributed by atoms with van der Waals surface area (Å²) in [6.07, 6.45) is -0.0672. The van der Waals surface area contributed by atoms with Crippen molar-refractivity contribution in [2.75, 3.05) is 13.2 Å². The number of nitrogens with one attached hydrogen (secondary N) is 1. The molecule has 0 aromatic carbocycles. The molecule has 17 heavy (non-hydrogen) atoms. The third kappa shape index (κ3) is 1.81. The molecule has 3 N–H and O–H groups in total. The maximum absolute atomic E-state index is 13.5. The zero-order valence-corrected chi connectivity index (χ0v) is 8.97. The number of aromatic amines is 1. The van der Waals surface area contributed by atoms with Crippen molar-refractivity contribution in [3.05, 3.63) is 33.1 Å². The van der Waals surface area contributed by atoms with Crippen LogP contribution in [0.1, 0.15) is 0 Å². The third-order valence-corrected chi connectivity index (χ3v) is 3.41. The Labute approximate surface area is 95.3 Å². The maximum atomic E-state index is 13.5. The summed E-state index contributed by atoms with van der Waals surface area (Å²) in [6, 6.07) is 1.16. The van der Waals surface area contributed by atoms with E-state index in [1.165, 1.54) is 6.20 Å². The molecule has 1 fully saturated rings. The van der Waals surface area contributed by atoms with E-state index in [0.717, 1.165) is 10.6 Å². The molecular weight excluding hydrogens is 231 g/mol. The van der Waals surface area contributed by atoms with Gasteiger partial charge >= 0.3 is 5.69 Å². The van der Waals surface area contributed by atoms with Gasteiger partial charge in [0.25, 0.3) is 5.56 Å². The number of nitrogens with zero attached hydrogens (tertiary/aromatic N) is 1. The first-order chi connectivity index (χ1) is 8.05. The first-order valence-electron chi connectivity index (χ1n) is 5.21. The normalized spacial score (nSPS) is 25.8. The molecule has 1 aliphatic carbocycles. The third-order valence-electron chi connectivity index (χ3n) is 3.41. The zero-order chi connectivity index (χ0) is 12.6. The topological polar surface area (TPSA) is 95.3 Å². The van der Waals surface area contributed by atoms with Crippen LogP contribution in [0.5, 0.6) is 0 Å². The first kappa shape index (κ1) is 12.0. The Balaban J connectivity index is 2.19. The average Bonchev–Trinajstić information content (AvgIpc) is 2.87. The molecule has 1 aromatic heterocycles. The van der Waals surface area contributed by atoms with Gasteiger partial charge in [-0.1, -0.05) is 0 Å². The fourth-order valence-electron chi connectivity index (χ4n) is 2.06. The van der Waals surface area contributed by atoms with E-state index < -0.39 is 42.0 Å². The van der Waals surface area contributed by atoms with Crippen molar-refractivity contribution in [3.63, 3.8) is 0 Å². The second-order valence-electron chi connectivity index (χ2n) is 4.32. The van der Waals surface area contributed by atoms with Crippen LogP contribution in [0.4, 0.5) is 4.39 Å². The van der Waals surface area contributed by atoms with Crippen molar-refractivity contribution < 1.29 is 14.6 Å². The van der Waals surface area contributed by atoms with Gasteiger partial charge in [-0.3, -0.25) is 9.78 Å². The lowest BCUT2D eigenvalue weighted by Gasteiger charge is -2.09. The van der Waals surface area contributed by atoms with Crippen LogP contribution in [-0.2, 0) is 6.54 Å². The molecule has 2 atom stereocenters. The van der Waals surface area contributed by atoms with Crippen molar-refractivity contribution in [3.8, 4) is 0 Å². The summed E-state index contributed by atoms with van der Waals surface area (Å²) in [7, 11) is 0. The fraction of sp³-hybridized carbons (Fsp3) is 0.600. The minimum Gasteiger partial charge on any atom is -0.396 e. The molecule has 0 radical (unpaired) electrons. The lowest BCUT2D eigenvalue weighted by Crippen LogP contribution is -2.30. The molecule has 6 nitrogen and oxygen atoms in total. The maximum Gasteiger partial charge on any atom is 0.328 e.